The fraction of sp³-hybridized carbons (Fsp3) is 0.385. The topological polar surface area (TPSA) is 0 Å². The van der Waals surface area contributed by atoms with Crippen molar-refractivity contribution in [3.8, 4) is 0 Å². The summed E-state index contributed by atoms with van der Waals surface area (Å²) < 4.78 is 1.32. The molecule has 0 aromatic heterocycles. The molecule has 74 valence electrons. The number of halogens is 1. The Hall–Kier alpha value is -0.560. The Labute approximate surface area is 94.2 Å². The first-order chi connectivity index (χ1) is 6.83. The lowest BCUT2D eigenvalue weighted by Gasteiger charge is -2.08. The van der Waals surface area contributed by atoms with Crippen LogP contribution < -0.4 is 0 Å². The molecule has 0 spiro atoms. The maximum absolute atomic E-state index is 3.71. The van der Waals surface area contributed by atoms with Gasteiger partial charge in [-0.05, 0) is 51.9 Å². The van der Waals surface area contributed by atoms with Crippen LogP contribution in [0.2, 0.25) is 0 Å². The number of aryl methyl sites for hydroxylation is 1. The first-order valence-electron chi connectivity index (χ1n) is 5.29. The second-order valence-electron chi connectivity index (χ2n) is 3.82. The van der Waals surface area contributed by atoms with Gasteiger partial charge < -0.3 is 0 Å². The molecule has 1 aliphatic rings. The quantitative estimate of drug-likeness (QED) is 0.748. The molecule has 0 aliphatic heterocycles. The molecule has 0 N–H and O–H groups in total. The summed E-state index contributed by atoms with van der Waals surface area (Å²) in [5.74, 6) is 0. The van der Waals surface area contributed by atoms with E-state index in [1.165, 1.54) is 40.4 Å². The Bertz CT molecular complexity index is 364. The number of fused-ring (bicyclic) bond motifs is 1. The van der Waals surface area contributed by atoms with Crippen molar-refractivity contribution < 1.29 is 0 Å². The molecule has 0 atom stereocenters. The van der Waals surface area contributed by atoms with Gasteiger partial charge in [0.25, 0.3) is 0 Å². The third-order valence-electron chi connectivity index (χ3n) is 2.77. The maximum Gasteiger partial charge on any atom is 0.0282 e. The molecular weight excluding hydrogens is 236 g/mol. The van der Waals surface area contributed by atoms with Gasteiger partial charge in [-0.3, -0.25) is 0 Å². The van der Waals surface area contributed by atoms with Crippen LogP contribution in [0.25, 0.3) is 6.08 Å². The summed E-state index contributed by atoms with van der Waals surface area (Å²) in [6.07, 6.45) is 9.30. The van der Waals surface area contributed by atoms with Crippen molar-refractivity contribution in [3.05, 3.63) is 39.4 Å². The molecule has 0 radical (unpaired) electrons. The highest BCUT2D eigenvalue weighted by Gasteiger charge is 2.11. The van der Waals surface area contributed by atoms with Crippen LogP contribution in [0.5, 0.6) is 0 Å². The monoisotopic (exact) mass is 250 g/mol. The predicted molar refractivity (Wildman–Crippen MR) is 65.5 cm³/mol. The fourth-order valence-electron chi connectivity index (χ4n) is 1.90. The zero-order valence-electron chi connectivity index (χ0n) is 8.52. The summed E-state index contributed by atoms with van der Waals surface area (Å²) in [6, 6.07) is 4.54. The SMILES string of the molecule is CCCCc1ccc2c(c1Br)C=CC2. The second-order valence-corrected chi connectivity index (χ2v) is 4.61. The van der Waals surface area contributed by atoms with Gasteiger partial charge in [-0.15, -0.1) is 0 Å². The molecule has 0 unspecified atom stereocenters. The van der Waals surface area contributed by atoms with Crippen LogP contribution in [0, 0.1) is 0 Å². The van der Waals surface area contributed by atoms with E-state index in [4.69, 9.17) is 0 Å². The van der Waals surface area contributed by atoms with Crippen LogP contribution in [0.15, 0.2) is 22.7 Å². The number of hydrogen-bond acceptors (Lipinski definition) is 0. The first kappa shape index (κ1) is 9.97. The Morgan fingerprint density at radius 2 is 2.21 bits per heavy atom. The summed E-state index contributed by atoms with van der Waals surface area (Å²) >= 11 is 3.71. The van der Waals surface area contributed by atoms with Crippen molar-refractivity contribution in [3.63, 3.8) is 0 Å². The Balaban J connectivity index is 2.30. The Kier molecular flexibility index (Phi) is 3.07. The fourth-order valence-corrected chi connectivity index (χ4v) is 2.62. The van der Waals surface area contributed by atoms with Crippen LogP contribution in [0.4, 0.5) is 0 Å². The van der Waals surface area contributed by atoms with Gasteiger partial charge in [-0.1, -0.05) is 37.6 Å². The smallest absolute Gasteiger partial charge is 0.0282 e. The number of unbranched alkanes of at least 4 members (excludes halogenated alkanes) is 1. The Morgan fingerprint density at radius 1 is 1.36 bits per heavy atom. The van der Waals surface area contributed by atoms with Crippen LogP contribution in [-0.2, 0) is 12.8 Å². The van der Waals surface area contributed by atoms with Crippen molar-refractivity contribution in [1.29, 1.82) is 0 Å². The molecule has 0 fully saturated rings. The van der Waals surface area contributed by atoms with Crippen LogP contribution in [0.1, 0.15) is 36.5 Å². The number of rotatable bonds is 3. The molecule has 0 saturated carbocycles. The van der Waals surface area contributed by atoms with Crippen molar-refractivity contribution in [2.45, 2.75) is 32.6 Å². The van der Waals surface area contributed by atoms with Crippen LogP contribution in [0.3, 0.4) is 0 Å². The third kappa shape index (κ3) is 1.78. The number of allylic oxidation sites excluding steroid dienone is 1. The number of hydrogen-bond donors (Lipinski definition) is 0. The molecule has 1 heteroatoms. The van der Waals surface area contributed by atoms with Gasteiger partial charge in [-0.25, -0.2) is 0 Å². The summed E-state index contributed by atoms with van der Waals surface area (Å²) in [7, 11) is 0. The molecule has 0 bridgehead atoms. The molecule has 1 aliphatic carbocycles. The van der Waals surface area contributed by atoms with Gasteiger partial charge >= 0.3 is 0 Å². The minimum Gasteiger partial charge on any atom is -0.0795 e. The molecule has 2 rings (SSSR count). The highest BCUT2D eigenvalue weighted by Crippen LogP contribution is 2.31. The van der Waals surface area contributed by atoms with Crippen molar-refractivity contribution in [2.24, 2.45) is 0 Å². The zero-order chi connectivity index (χ0) is 9.97. The molecule has 0 amide bonds. The molecular formula is C13H15Br. The standard InChI is InChI=1S/C13H15Br/c1-2-3-5-11-9-8-10-6-4-7-12(10)13(11)14/h4,7-9H,2-3,5-6H2,1H3. The van der Waals surface area contributed by atoms with Crippen LogP contribution in [-0.4, -0.2) is 0 Å². The van der Waals surface area contributed by atoms with Gasteiger partial charge in [0.1, 0.15) is 0 Å². The molecule has 1 aromatic rings. The van der Waals surface area contributed by atoms with Crippen molar-refractivity contribution >= 4 is 22.0 Å². The van der Waals surface area contributed by atoms with Gasteiger partial charge in [-0.2, -0.15) is 0 Å². The molecule has 0 heterocycles. The van der Waals surface area contributed by atoms with Gasteiger partial charge in [0.05, 0.1) is 0 Å². The lowest BCUT2D eigenvalue weighted by atomic mass is 10.0. The van der Waals surface area contributed by atoms with Gasteiger partial charge in [0.2, 0.25) is 0 Å². The normalized spacial score (nSPS) is 13.3. The highest BCUT2D eigenvalue weighted by molar-refractivity contribution is 9.10. The highest BCUT2D eigenvalue weighted by atomic mass is 79.9. The predicted octanol–water partition coefficient (Wildman–Crippen LogP) is 4.36. The minimum absolute atomic E-state index is 1.10. The van der Waals surface area contributed by atoms with E-state index in [1.807, 2.05) is 0 Å². The van der Waals surface area contributed by atoms with E-state index in [-0.39, 0.29) is 0 Å². The first-order valence-corrected chi connectivity index (χ1v) is 6.09. The number of benzene rings is 1. The maximum atomic E-state index is 3.71. The second kappa shape index (κ2) is 4.31. The minimum atomic E-state index is 1.10. The van der Waals surface area contributed by atoms with Gasteiger partial charge in [0, 0.05) is 4.47 Å². The molecule has 0 nitrogen and oxygen atoms in total. The van der Waals surface area contributed by atoms with Crippen molar-refractivity contribution in [1.82, 2.24) is 0 Å². The summed E-state index contributed by atoms with van der Waals surface area (Å²) in [5, 5.41) is 0. The Morgan fingerprint density at radius 3 is 3.00 bits per heavy atom. The van der Waals surface area contributed by atoms with E-state index in [9.17, 15) is 0 Å². The van der Waals surface area contributed by atoms with E-state index in [1.54, 1.807) is 0 Å². The largest absolute Gasteiger partial charge is 0.0795 e. The molecule has 14 heavy (non-hydrogen) atoms. The average Bonchev–Trinajstić information content (AvgIpc) is 2.66. The average molecular weight is 251 g/mol. The summed E-state index contributed by atoms with van der Waals surface area (Å²) in [4.78, 5) is 0. The van der Waals surface area contributed by atoms with Crippen molar-refractivity contribution in [2.75, 3.05) is 0 Å². The van der Waals surface area contributed by atoms with Crippen LogP contribution >= 0.6 is 15.9 Å². The third-order valence-corrected chi connectivity index (χ3v) is 3.71. The zero-order valence-corrected chi connectivity index (χ0v) is 10.1. The van der Waals surface area contributed by atoms with Gasteiger partial charge in [0.15, 0.2) is 0 Å². The van der Waals surface area contributed by atoms with E-state index >= 15 is 0 Å². The van der Waals surface area contributed by atoms with E-state index < -0.39 is 0 Å². The summed E-state index contributed by atoms with van der Waals surface area (Å²) in [5.41, 5.74) is 4.31. The van der Waals surface area contributed by atoms with E-state index in [2.05, 4.69) is 47.1 Å². The van der Waals surface area contributed by atoms with E-state index in [0.717, 1.165) is 6.42 Å². The molecule has 1 aromatic carbocycles. The lowest BCUT2D eigenvalue weighted by Crippen LogP contribution is -1.91. The lowest BCUT2D eigenvalue weighted by molar-refractivity contribution is 0.792. The molecule has 0 saturated heterocycles. The summed E-state index contributed by atoms with van der Waals surface area (Å²) in [6.45, 7) is 2.24. The van der Waals surface area contributed by atoms with E-state index in [0.29, 0.717) is 0 Å².